The van der Waals surface area contributed by atoms with Crippen LogP contribution in [0.4, 0.5) is 0 Å². The smallest absolute Gasteiger partial charge is 0.343 e. The maximum Gasteiger partial charge on any atom is 0.343 e. The minimum absolute atomic E-state index is 0.0596. The fourth-order valence-electron chi connectivity index (χ4n) is 3.38. The summed E-state index contributed by atoms with van der Waals surface area (Å²) in [5.74, 6) is -0.195. The quantitative estimate of drug-likeness (QED) is 0.578. The van der Waals surface area contributed by atoms with Crippen LogP contribution in [0.2, 0.25) is 0 Å². The summed E-state index contributed by atoms with van der Waals surface area (Å²) in [6.45, 7) is 6.70. The molecular formula is C24H25NO3. The Bertz CT molecular complexity index is 1030. The molecule has 3 aromatic rings. The lowest BCUT2D eigenvalue weighted by molar-refractivity contribution is 0.0523. The summed E-state index contributed by atoms with van der Waals surface area (Å²) in [5.41, 5.74) is 4.28. The number of pyridine rings is 1. The standard InChI is InChI=1S/C24H25NO3/c1-4-28-24(27)22-14-9-15-25(23(22)26)16-18-10-5-6-12-20(18)21-13-8-7-11-19(21)17(2)3/h5-15,17H,4,16H2,1-3H3. The molecule has 0 saturated carbocycles. The van der Waals surface area contributed by atoms with Crippen molar-refractivity contribution in [2.24, 2.45) is 0 Å². The van der Waals surface area contributed by atoms with Crippen LogP contribution in [0.1, 0.15) is 48.2 Å². The zero-order valence-electron chi connectivity index (χ0n) is 16.5. The van der Waals surface area contributed by atoms with Gasteiger partial charge < -0.3 is 9.30 Å². The number of benzene rings is 2. The third-order valence-electron chi connectivity index (χ3n) is 4.75. The Balaban J connectivity index is 2.04. The predicted molar refractivity (Wildman–Crippen MR) is 112 cm³/mol. The van der Waals surface area contributed by atoms with E-state index in [1.54, 1.807) is 23.8 Å². The van der Waals surface area contributed by atoms with Gasteiger partial charge in [-0.15, -0.1) is 0 Å². The van der Waals surface area contributed by atoms with Crippen molar-refractivity contribution in [3.8, 4) is 11.1 Å². The lowest BCUT2D eigenvalue weighted by Crippen LogP contribution is -2.27. The van der Waals surface area contributed by atoms with Gasteiger partial charge in [0.05, 0.1) is 13.2 Å². The van der Waals surface area contributed by atoms with Crippen LogP contribution in [-0.2, 0) is 11.3 Å². The fraction of sp³-hybridized carbons (Fsp3) is 0.250. The van der Waals surface area contributed by atoms with E-state index in [1.807, 2.05) is 24.3 Å². The first-order valence-corrected chi connectivity index (χ1v) is 9.56. The molecule has 0 aliphatic carbocycles. The van der Waals surface area contributed by atoms with E-state index in [-0.39, 0.29) is 17.7 Å². The number of ether oxygens (including phenoxy) is 1. The van der Waals surface area contributed by atoms with E-state index >= 15 is 0 Å². The Labute approximate surface area is 165 Å². The minimum Gasteiger partial charge on any atom is -0.462 e. The number of rotatable bonds is 6. The molecule has 0 fully saturated rings. The Hall–Kier alpha value is -3.14. The highest BCUT2D eigenvalue weighted by Crippen LogP contribution is 2.31. The zero-order valence-corrected chi connectivity index (χ0v) is 16.5. The van der Waals surface area contributed by atoms with Crippen LogP contribution < -0.4 is 5.56 Å². The van der Waals surface area contributed by atoms with Crippen molar-refractivity contribution in [2.45, 2.75) is 33.2 Å². The Morgan fingerprint density at radius 2 is 1.64 bits per heavy atom. The summed E-state index contributed by atoms with van der Waals surface area (Å²) < 4.78 is 6.56. The van der Waals surface area contributed by atoms with Crippen LogP contribution in [-0.4, -0.2) is 17.1 Å². The van der Waals surface area contributed by atoms with Gasteiger partial charge in [0.15, 0.2) is 0 Å². The first-order chi connectivity index (χ1) is 13.5. The molecule has 0 saturated heterocycles. The van der Waals surface area contributed by atoms with Gasteiger partial charge in [-0.2, -0.15) is 0 Å². The Kier molecular flexibility index (Phi) is 6.09. The van der Waals surface area contributed by atoms with Gasteiger partial charge >= 0.3 is 5.97 Å². The van der Waals surface area contributed by atoms with Gasteiger partial charge in [-0.25, -0.2) is 4.79 Å². The van der Waals surface area contributed by atoms with Crippen molar-refractivity contribution < 1.29 is 9.53 Å². The first kappa shape index (κ1) is 19.6. The number of carbonyl (C=O) groups is 1. The topological polar surface area (TPSA) is 48.3 Å². The average molecular weight is 375 g/mol. The number of hydrogen-bond donors (Lipinski definition) is 0. The van der Waals surface area contributed by atoms with Crippen LogP contribution in [0, 0.1) is 0 Å². The minimum atomic E-state index is -0.583. The van der Waals surface area contributed by atoms with Gasteiger partial charge in [0, 0.05) is 6.20 Å². The van der Waals surface area contributed by atoms with Crippen molar-refractivity contribution in [3.05, 3.63) is 93.9 Å². The third-order valence-corrected chi connectivity index (χ3v) is 4.75. The van der Waals surface area contributed by atoms with E-state index in [0.717, 1.165) is 11.1 Å². The second kappa shape index (κ2) is 8.70. The van der Waals surface area contributed by atoms with E-state index in [4.69, 9.17) is 4.74 Å². The maximum absolute atomic E-state index is 12.8. The van der Waals surface area contributed by atoms with Gasteiger partial charge in [-0.1, -0.05) is 62.4 Å². The molecule has 3 rings (SSSR count). The third kappa shape index (κ3) is 4.06. The molecule has 4 nitrogen and oxygen atoms in total. The monoisotopic (exact) mass is 375 g/mol. The normalized spacial score (nSPS) is 10.9. The summed E-state index contributed by atoms with van der Waals surface area (Å²) in [5, 5.41) is 0. The molecule has 0 bridgehead atoms. The Morgan fingerprint density at radius 1 is 0.964 bits per heavy atom. The molecule has 4 heteroatoms. The molecule has 0 N–H and O–H groups in total. The second-order valence-corrected chi connectivity index (χ2v) is 6.97. The molecule has 0 atom stereocenters. The van der Waals surface area contributed by atoms with Crippen molar-refractivity contribution in [1.82, 2.24) is 4.57 Å². The van der Waals surface area contributed by atoms with E-state index in [1.165, 1.54) is 17.2 Å². The van der Waals surface area contributed by atoms with Crippen LogP contribution in [0.25, 0.3) is 11.1 Å². The van der Waals surface area contributed by atoms with Gasteiger partial charge in [-0.05, 0) is 47.2 Å². The summed E-state index contributed by atoms with van der Waals surface area (Å²) in [7, 11) is 0. The molecule has 0 aliphatic rings. The molecule has 1 heterocycles. The average Bonchev–Trinajstić information content (AvgIpc) is 2.70. The highest BCUT2D eigenvalue weighted by molar-refractivity contribution is 5.88. The molecule has 1 aromatic heterocycles. The van der Waals surface area contributed by atoms with Crippen molar-refractivity contribution in [1.29, 1.82) is 0 Å². The van der Waals surface area contributed by atoms with Crippen LogP contribution in [0.5, 0.6) is 0 Å². The largest absolute Gasteiger partial charge is 0.462 e. The highest BCUT2D eigenvalue weighted by Gasteiger charge is 2.15. The summed E-state index contributed by atoms with van der Waals surface area (Å²) in [6.07, 6.45) is 1.70. The predicted octanol–water partition coefficient (Wildman–Crippen LogP) is 4.86. The lowest BCUT2D eigenvalue weighted by Gasteiger charge is -2.17. The summed E-state index contributed by atoms with van der Waals surface area (Å²) in [6, 6.07) is 19.6. The van der Waals surface area contributed by atoms with Crippen LogP contribution >= 0.6 is 0 Å². The number of carbonyl (C=O) groups excluding carboxylic acids is 1. The first-order valence-electron chi connectivity index (χ1n) is 9.56. The van der Waals surface area contributed by atoms with Gasteiger partial charge in [0.25, 0.3) is 5.56 Å². The molecule has 2 aromatic carbocycles. The van der Waals surface area contributed by atoms with Crippen molar-refractivity contribution >= 4 is 5.97 Å². The molecule has 0 amide bonds. The van der Waals surface area contributed by atoms with Crippen LogP contribution in [0.3, 0.4) is 0 Å². The van der Waals surface area contributed by atoms with E-state index < -0.39 is 5.97 Å². The van der Waals surface area contributed by atoms with E-state index in [9.17, 15) is 9.59 Å². The maximum atomic E-state index is 12.8. The van der Waals surface area contributed by atoms with Gasteiger partial charge in [-0.3, -0.25) is 4.79 Å². The molecular weight excluding hydrogens is 350 g/mol. The lowest BCUT2D eigenvalue weighted by atomic mass is 9.90. The van der Waals surface area contributed by atoms with Crippen molar-refractivity contribution in [3.63, 3.8) is 0 Å². The molecule has 0 spiro atoms. The molecule has 0 radical (unpaired) electrons. The number of esters is 1. The van der Waals surface area contributed by atoms with Gasteiger partial charge in [0.1, 0.15) is 5.56 Å². The van der Waals surface area contributed by atoms with E-state index in [0.29, 0.717) is 12.5 Å². The molecule has 28 heavy (non-hydrogen) atoms. The SMILES string of the molecule is CCOC(=O)c1cccn(Cc2ccccc2-c2ccccc2C(C)C)c1=O. The second-order valence-electron chi connectivity index (χ2n) is 6.97. The van der Waals surface area contributed by atoms with Crippen molar-refractivity contribution in [2.75, 3.05) is 6.61 Å². The Morgan fingerprint density at radius 3 is 2.36 bits per heavy atom. The molecule has 144 valence electrons. The summed E-state index contributed by atoms with van der Waals surface area (Å²) >= 11 is 0. The number of nitrogens with zero attached hydrogens (tertiary/aromatic N) is 1. The number of aromatic nitrogens is 1. The molecule has 0 aliphatic heterocycles. The van der Waals surface area contributed by atoms with Crippen LogP contribution in [0.15, 0.2) is 71.7 Å². The fourth-order valence-corrected chi connectivity index (χ4v) is 3.38. The van der Waals surface area contributed by atoms with Gasteiger partial charge in [0.2, 0.25) is 0 Å². The highest BCUT2D eigenvalue weighted by atomic mass is 16.5. The zero-order chi connectivity index (χ0) is 20.1. The van der Waals surface area contributed by atoms with E-state index in [2.05, 4.69) is 38.1 Å². The molecule has 0 unspecified atom stereocenters. The number of hydrogen-bond acceptors (Lipinski definition) is 3. The summed E-state index contributed by atoms with van der Waals surface area (Å²) in [4.78, 5) is 24.8.